The molecule has 0 unspecified atom stereocenters. The molecule has 102 valence electrons. The Balaban J connectivity index is 1.86. The monoisotopic (exact) mass is 257 g/mol. The second-order valence-corrected chi connectivity index (χ2v) is 6.03. The number of aromatic nitrogens is 2. The number of fused-ring (bicyclic) bond motifs is 1. The summed E-state index contributed by atoms with van der Waals surface area (Å²) in [6.07, 6.45) is 4.94. The van der Waals surface area contributed by atoms with Gasteiger partial charge in [0.25, 0.3) is 0 Å². The summed E-state index contributed by atoms with van der Waals surface area (Å²) in [4.78, 5) is 8.33. The standard InChI is InChI=1S/C16H23N3/c1-10-7-14-15(8-11(10)2)19-16(18-14)13-5-3-12(9-17)4-6-13/h7-8,12-13H,3-6,9,17H2,1-2H3,(H,18,19). The third kappa shape index (κ3) is 2.39. The number of H-pyrrole nitrogens is 1. The van der Waals surface area contributed by atoms with Crippen molar-refractivity contribution >= 4 is 11.0 Å². The lowest BCUT2D eigenvalue weighted by atomic mass is 9.82. The summed E-state index contributed by atoms with van der Waals surface area (Å²) >= 11 is 0. The third-order valence-corrected chi connectivity index (χ3v) is 4.68. The molecule has 2 aromatic rings. The average Bonchev–Trinajstić information content (AvgIpc) is 2.82. The molecule has 1 aliphatic carbocycles. The van der Waals surface area contributed by atoms with Crippen molar-refractivity contribution < 1.29 is 0 Å². The molecule has 1 aliphatic rings. The van der Waals surface area contributed by atoms with E-state index in [0.29, 0.717) is 5.92 Å². The SMILES string of the molecule is Cc1cc2nc(C3CCC(CN)CC3)[nH]c2cc1C. The van der Waals surface area contributed by atoms with Crippen molar-refractivity contribution in [3.63, 3.8) is 0 Å². The Morgan fingerprint density at radius 3 is 2.53 bits per heavy atom. The van der Waals surface area contributed by atoms with Gasteiger partial charge in [-0.1, -0.05) is 0 Å². The summed E-state index contributed by atoms with van der Waals surface area (Å²) < 4.78 is 0. The van der Waals surface area contributed by atoms with Crippen LogP contribution in [-0.2, 0) is 0 Å². The van der Waals surface area contributed by atoms with Crippen molar-refractivity contribution in [3.8, 4) is 0 Å². The van der Waals surface area contributed by atoms with E-state index in [1.807, 2.05) is 0 Å². The lowest BCUT2D eigenvalue weighted by molar-refractivity contribution is 0.326. The van der Waals surface area contributed by atoms with Crippen LogP contribution in [0.3, 0.4) is 0 Å². The van der Waals surface area contributed by atoms with Crippen LogP contribution in [0.2, 0.25) is 0 Å². The molecule has 3 nitrogen and oxygen atoms in total. The molecule has 1 fully saturated rings. The Labute approximate surface area is 114 Å². The van der Waals surface area contributed by atoms with Crippen LogP contribution >= 0.6 is 0 Å². The number of hydrogen-bond acceptors (Lipinski definition) is 2. The lowest BCUT2D eigenvalue weighted by Crippen LogP contribution is -2.21. The van der Waals surface area contributed by atoms with Gasteiger partial charge in [0.2, 0.25) is 0 Å². The molecule has 1 saturated carbocycles. The molecular weight excluding hydrogens is 234 g/mol. The Hall–Kier alpha value is -1.35. The Morgan fingerprint density at radius 1 is 1.16 bits per heavy atom. The largest absolute Gasteiger partial charge is 0.342 e. The zero-order valence-corrected chi connectivity index (χ0v) is 11.9. The summed E-state index contributed by atoms with van der Waals surface area (Å²) in [6.45, 7) is 5.14. The van der Waals surface area contributed by atoms with Crippen LogP contribution in [0, 0.1) is 19.8 Å². The summed E-state index contributed by atoms with van der Waals surface area (Å²) in [7, 11) is 0. The second-order valence-electron chi connectivity index (χ2n) is 6.03. The lowest BCUT2D eigenvalue weighted by Gasteiger charge is -2.26. The second kappa shape index (κ2) is 4.97. The number of aromatic amines is 1. The normalized spacial score (nSPS) is 23.9. The van der Waals surface area contributed by atoms with Crippen LogP contribution in [0.5, 0.6) is 0 Å². The molecule has 3 heteroatoms. The fraction of sp³-hybridized carbons (Fsp3) is 0.562. The van der Waals surface area contributed by atoms with Gasteiger partial charge in [-0.2, -0.15) is 0 Å². The van der Waals surface area contributed by atoms with E-state index >= 15 is 0 Å². The molecular formula is C16H23N3. The summed E-state index contributed by atoms with van der Waals surface area (Å²) in [6, 6.07) is 4.41. The summed E-state index contributed by atoms with van der Waals surface area (Å²) in [5, 5.41) is 0. The molecule has 0 aliphatic heterocycles. The summed E-state index contributed by atoms with van der Waals surface area (Å²) in [5.74, 6) is 2.50. The quantitative estimate of drug-likeness (QED) is 0.866. The topological polar surface area (TPSA) is 54.7 Å². The van der Waals surface area contributed by atoms with Crippen LogP contribution in [0.15, 0.2) is 12.1 Å². The van der Waals surface area contributed by atoms with Crippen LogP contribution in [0.1, 0.15) is 48.6 Å². The first-order chi connectivity index (χ1) is 9.17. The first-order valence-corrected chi connectivity index (χ1v) is 7.34. The van der Waals surface area contributed by atoms with Crippen LogP contribution < -0.4 is 5.73 Å². The molecule has 0 bridgehead atoms. The highest BCUT2D eigenvalue weighted by molar-refractivity contribution is 5.77. The number of nitrogens with zero attached hydrogens (tertiary/aromatic N) is 1. The van der Waals surface area contributed by atoms with E-state index in [9.17, 15) is 0 Å². The maximum atomic E-state index is 5.76. The zero-order valence-electron chi connectivity index (χ0n) is 11.9. The van der Waals surface area contributed by atoms with Crippen LogP contribution in [0.4, 0.5) is 0 Å². The van der Waals surface area contributed by atoms with E-state index in [2.05, 4.69) is 31.0 Å². The molecule has 0 radical (unpaired) electrons. The van der Waals surface area contributed by atoms with E-state index in [0.717, 1.165) is 18.0 Å². The predicted molar refractivity (Wildman–Crippen MR) is 79.3 cm³/mol. The van der Waals surface area contributed by atoms with Gasteiger partial charge in [-0.25, -0.2) is 4.98 Å². The van der Waals surface area contributed by atoms with Gasteiger partial charge in [-0.15, -0.1) is 0 Å². The Morgan fingerprint density at radius 2 is 1.84 bits per heavy atom. The zero-order chi connectivity index (χ0) is 13.4. The molecule has 1 aromatic heterocycles. The van der Waals surface area contributed by atoms with Crippen LogP contribution in [0.25, 0.3) is 11.0 Å². The maximum absolute atomic E-state index is 5.76. The van der Waals surface area contributed by atoms with Crippen molar-refractivity contribution in [2.24, 2.45) is 11.7 Å². The van der Waals surface area contributed by atoms with Gasteiger partial charge in [0.05, 0.1) is 11.0 Å². The van der Waals surface area contributed by atoms with E-state index in [4.69, 9.17) is 10.7 Å². The van der Waals surface area contributed by atoms with Gasteiger partial charge in [0.1, 0.15) is 5.82 Å². The van der Waals surface area contributed by atoms with Gasteiger partial charge in [0, 0.05) is 5.92 Å². The number of aryl methyl sites for hydroxylation is 2. The van der Waals surface area contributed by atoms with Crippen molar-refractivity contribution in [2.75, 3.05) is 6.54 Å². The van der Waals surface area contributed by atoms with Crippen molar-refractivity contribution in [1.82, 2.24) is 9.97 Å². The van der Waals surface area contributed by atoms with Gasteiger partial charge in [-0.3, -0.25) is 0 Å². The minimum absolute atomic E-state index is 0.593. The Kier molecular flexibility index (Phi) is 3.31. The molecule has 1 aromatic carbocycles. The minimum atomic E-state index is 0.593. The van der Waals surface area contributed by atoms with E-state index in [-0.39, 0.29) is 0 Å². The highest BCUT2D eigenvalue weighted by Gasteiger charge is 2.23. The number of nitrogens with one attached hydrogen (secondary N) is 1. The highest BCUT2D eigenvalue weighted by Crippen LogP contribution is 2.35. The van der Waals surface area contributed by atoms with Crippen molar-refractivity contribution in [2.45, 2.75) is 45.4 Å². The van der Waals surface area contributed by atoms with Gasteiger partial charge in [-0.05, 0) is 75.3 Å². The maximum Gasteiger partial charge on any atom is 0.110 e. The van der Waals surface area contributed by atoms with E-state index in [1.54, 1.807) is 0 Å². The van der Waals surface area contributed by atoms with Gasteiger partial charge >= 0.3 is 0 Å². The fourth-order valence-electron chi connectivity index (χ4n) is 3.15. The molecule has 1 heterocycles. The van der Waals surface area contributed by atoms with Gasteiger partial charge in [0.15, 0.2) is 0 Å². The molecule has 0 spiro atoms. The summed E-state index contributed by atoms with van der Waals surface area (Å²) in [5.41, 5.74) is 10.7. The smallest absolute Gasteiger partial charge is 0.110 e. The predicted octanol–water partition coefficient (Wildman–Crippen LogP) is 3.41. The number of hydrogen-bond donors (Lipinski definition) is 2. The number of nitrogens with two attached hydrogens (primary N) is 1. The van der Waals surface area contributed by atoms with Gasteiger partial charge < -0.3 is 10.7 Å². The van der Waals surface area contributed by atoms with E-state index < -0.39 is 0 Å². The molecule has 0 atom stereocenters. The first-order valence-electron chi connectivity index (χ1n) is 7.34. The fourth-order valence-corrected chi connectivity index (χ4v) is 3.15. The third-order valence-electron chi connectivity index (χ3n) is 4.68. The number of benzene rings is 1. The molecule has 0 saturated heterocycles. The van der Waals surface area contributed by atoms with Crippen molar-refractivity contribution in [1.29, 1.82) is 0 Å². The molecule has 3 rings (SSSR count). The minimum Gasteiger partial charge on any atom is -0.342 e. The molecule has 3 N–H and O–H groups in total. The van der Waals surface area contributed by atoms with E-state index in [1.165, 1.54) is 48.2 Å². The molecule has 19 heavy (non-hydrogen) atoms. The van der Waals surface area contributed by atoms with Crippen LogP contribution in [-0.4, -0.2) is 16.5 Å². The average molecular weight is 257 g/mol. The van der Waals surface area contributed by atoms with Crippen molar-refractivity contribution in [3.05, 3.63) is 29.1 Å². The number of rotatable bonds is 2. The first kappa shape index (κ1) is 12.7. The Bertz CT molecular complexity index is 538. The highest BCUT2D eigenvalue weighted by atomic mass is 14.9. The number of imidazole rings is 1. The molecule has 0 amide bonds.